The zero-order valence-electron chi connectivity index (χ0n) is 13.5. The van der Waals surface area contributed by atoms with E-state index in [1.165, 1.54) is 0 Å². The third-order valence-electron chi connectivity index (χ3n) is 3.86. The zero-order chi connectivity index (χ0) is 16.3. The Morgan fingerprint density at radius 3 is 2.10 bits per heavy atom. The molecule has 0 amide bonds. The summed E-state index contributed by atoms with van der Waals surface area (Å²) in [7, 11) is -3.59. The second-order valence-corrected chi connectivity index (χ2v) is 8.43. The van der Waals surface area contributed by atoms with E-state index < -0.39 is 25.0 Å². The number of hydrogen-bond donors (Lipinski definition) is 3. The van der Waals surface area contributed by atoms with Crippen LogP contribution in [-0.4, -0.2) is 27.9 Å². The van der Waals surface area contributed by atoms with E-state index in [2.05, 4.69) is 13.8 Å². The van der Waals surface area contributed by atoms with Crippen LogP contribution < -0.4 is 5.73 Å². The third kappa shape index (κ3) is 9.28. The summed E-state index contributed by atoms with van der Waals surface area (Å²) in [5.74, 6) is -2.53. The van der Waals surface area contributed by atoms with E-state index in [4.69, 9.17) is 5.73 Å². The molecule has 0 aliphatic heterocycles. The Labute approximate surface area is 128 Å². The van der Waals surface area contributed by atoms with Crippen molar-refractivity contribution in [2.75, 3.05) is 6.16 Å². The summed E-state index contributed by atoms with van der Waals surface area (Å²) in [5, 5.41) is 9.22. The zero-order valence-corrected chi connectivity index (χ0v) is 14.4. The van der Waals surface area contributed by atoms with Gasteiger partial charge in [-0.25, -0.2) is 0 Å². The van der Waals surface area contributed by atoms with Crippen LogP contribution in [0.25, 0.3) is 0 Å². The van der Waals surface area contributed by atoms with Crippen molar-refractivity contribution < 1.29 is 19.4 Å². The van der Waals surface area contributed by atoms with Gasteiger partial charge in [0.15, 0.2) is 0 Å². The monoisotopic (exact) mass is 321 g/mol. The van der Waals surface area contributed by atoms with Gasteiger partial charge in [-0.15, -0.1) is 0 Å². The Morgan fingerprint density at radius 2 is 1.57 bits per heavy atom. The molecule has 0 rings (SSSR count). The predicted molar refractivity (Wildman–Crippen MR) is 86.7 cm³/mol. The number of carbonyl (C=O) groups is 1. The van der Waals surface area contributed by atoms with E-state index in [0.29, 0.717) is 12.8 Å². The number of nitrogens with two attached hydrogens (primary N) is 1. The molecule has 0 radical (unpaired) electrons. The highest BCUT2D eigenvalue weighted by molar-refractivity contribution is 7.58. The lowest BCUT2D eigenvalue weighted by molar-refractivity contribution is -0.141. The molecule has 0 aliphatic rings. The van der Waals surface area contributed by atoms with Crippen LogP contribution >= 0.6 is 7.37 Å². The maximum atomic E-state index is 12.3. The Kier molecular flexibility index (Phi) is 11.0. The van der Waals surface area contributed by atoms with Crippen LogP contribution in [0.3, 0.4) is 0 Å². The van der Waals surface area contributed by atoms with Gasteiger partial charge in [0.1, 0.15) is 0 Å². The minimum absolute atomic E-state index is 0.193. The number of rotatable bonds is 13. The molecule has 3 unspecified atom stereocenters. The standard InChI is InChI=1S/C15H32NO4P/c1-3-5-7-9-10-13(15(17)18)12-21(19,20)14(16)11-8-6-4-2/h13-14H,3-12,16H2,1-2H3,(H,17,18)(H,19,20). The van der Waals surface area contributed by atoms with Crippen LogP contribution in [0.15, 0.2) is 0 Å². The fourth-order valence-corrected chi connectivity index (χ4v) is 4.19. The third-order valence-corrected chi connectivity index (χ3v) is 6.12. The molecule has 0 bridgehead atoms. The molecule has 5 nitrogen and oxygen atoms in total. The molecule has 126 valence electrons. The summed E-state index contributed by atoms with van der Waals surface area (Å²) in [5.41, 5.74) is 5.81. The summed E-state index contributed by atoms with van der Waals surface area (Å²) in [6, 6.07) is 0. The molecule has 0 saturated heterocycles. The summed E-state index contributed by atoms with van der Waals surface area (Å²) >= 11 is 0. The number of aliphatic carboxylic acids is 1. The smallest absolute Gasteiger partial charge is 0.307 e. The lowest BCUT2D eigenvalue weighted by Crippen LogP contribution is -2.26. The molecule has 6 heteroatoms. The van der Waals surface area contributed by atoms with Gasteiger partial charge in [0, 0.05) is 6.16 Å². The maximum absolute atomic E-state index is 12.3. The van der Waals surface area contributed by atoms with Crippen molar-refractivity contribution in [3.63, 3.8) is 0 Å². The average Bonchev–Trinajstić information content (AvgIpc) is 2.42. The van der Waals surface area contributed by atoms with Crippen LogP contribution in [0.4, 0.5) is 0 Å². The van der Waals surface area contributed by atoms with Crippen molar-refractivity contribution in [2.24, 2.45) is 11.7 Å². The summed E-state index contributed by atoms with van der Waals surface area (Å²) < 4.78 is 12.3. The first-order valence-electron chi connectivity index (χ1n) is 8.15. The fourth-order valence-electron chi connectivity index (χ4n) is 2.37. The molecular weight excluding hydrogens is 289 g/mol. The second-order valence-electron chi connectivity index (χ2n) is 5.89. The van der Waals surface area contributed by atoms with Gasteiger partial charge in [0.05, 0.1) is 11.7 Å². The van der Waals surface area contributed by atoms with Crippen molar-refractivity contribution in [3.05, 3.63) is 0 Å². The first-order chi connectivity index (χ1) is 9.85. The minimum Gasteiger partial charge on any atom is -0.481 e. The molecule has 0 saturated carbocycles. The van der Waals surface area contributed by atoms with Crippen molar-refractivity contribution in [3.8, 4) is 0 Å². The van der Waals surface area contributed by atoms with Crippen molar-refractivity contribution in [1.82, 2.24) is 0 Å². The van der Waals surface area contributed by atoms with Crippen LogP contribution in [0, 0.1) is 5.92 Å². The first-order valence-corrected chi connectivity index (χ1v) is 10.1. The number of carboxylic acids is 1. The molecule has 0 aromatic carbocycles. The van der Waals surface area contributed by atoms with E-state index in [9.17, 15) is 19.4 Å². The molecule has 0 fully saturated rings. The number of carboxylic acid groups (broad SMARTS) is 1. The molecule has 0 aromatic rings. The van der Waals surface area contributed by atoms with Gasteiger partial charge in [-0.3, -0.25) is 9.36 Å². The Balaban J connectivity index is 4.38. The highest BCUT2D eigenvalue weighted by Crippen LogP contribution is 2.48. The van der Waals surface area contributed by atoms with E-state index in [1.54, 1.807) is 0 Å². The van der Waals surface area contributed by atoms with E-state index >= 15 is 0 Å². The second kappa shape index (κ2) is 11.2. The highest BCUT2D eigenvalue weighted by atomic mass is 31.2. The van der Waals surface area contributed by atoms with Gasteiger partial charge in [0.25, 0.3) is 0 Å². The largest absolute Gasteiger partial charge is 0.481 e. The van der Waals surface area contributed by atoms with Gasteiger partial charge in [0.2, 0.25) is 7.37 Å². The van der Waals surface area contributed by atoms with Crippen LogP contribution in [-0.2, 0) is 9.36 Å². The van der Waals surface area contributed by atoms with Gasteiger partial charge < -0.3 is 15.7 Å². The summed E-state index contributed by atoms with van der Waals surface area (Å²) in [4.78, 5) is 21.3. The van der Waals surface area contributed by atoms with Crippen molar-refractivity contribution in [2.45, 2.75) is 77.4 Å². The Morgan fingerprint density at radius 1 is 1.05 bits per heavy atom. The normalized spacial score (nSPS) is 17.1. The summed E-state index contributed by atoms with van der Waals surface area (Å²) in [6.07, 6.45) is 7.49. The Hall–Kier alpha value is -0.380. The maximum Gasteiger partial charge on any atom is 0.307 e. The first kappa shape index (κ1) is 20.6. The minimum atomic E-state index is -3.59. The Bertz CT molecular complexity index is 336. The van der Waals surface area contributed by atoms with Crippen LogP contribution in [0.2, 0.25) is 0 Å². The van der Waals surface area contributed by atoms with Crippen LogP contribution in [0.1, 0.15) is 71.6 Å². The quantitative estimate of drug-likeness (QED) is 0.354. The molecule has 0 aromatic heterocycles. The SMILES string of the molecule is CCCCCCC(CP(=O)(O)C(N)CCCCC)C(=O)O. The molecular formula is C15H32NO4P. The van der Waals surface area contributed by atoms with E-state index in [0.717, 1.165) is 44.9 Å². The molecule has 0 aliphatic carbocycles. The van der Waals surface area contributed by atoms with Gasteiger partial charge in [-0.2, -0.15) is 0 Å². The molecule has 4 N–H and O–H groups in total. The predicted octanol–water partition coefficient (Wildman–Crippen LogP) is 3.79. The summed E-state index contributed by atoms with van der Waals surface area (Å²) in [6.45, 7) is 4.15. The van der Waals surface area contributed by atoms with Gasteiger partial charge >= 0.3 is 5.97 Å². The lowest BCUT2D eigenvalue weighted by atomic mass is 10.0. The fraction of sp³-hybridized carbons (Fsp3) is 0.933. The average molecular weight is 321 g/mol. The van der Waals surface area contributed by atoms with E-state index in [-0.39, 0.29) is 6.16 Å². The van der Waals surface area contributed by atoms with Crippen LogP contribution in [0.5, 0.6) is 0 Å². The topological polar surface area (TPSA) is 101 Å². The molecule has 21 heavy (non-hydrogen) atoms. The van der Waals surface area contributed by atoms with Gasteiger partial charge in [-0.1, -0.05) is 58.8 Å². The van der Waals surface area contributed by atoms with Crippen molar-refractivity contribution in [1.29, 1.82) is 0 Å². The molecule has 3 atom stereocenters. The van der Waals surface area contributed by atoms with E-state index in [1.807, 2.05) is 0 Å². The van der Waals surface area contributed by atoms with Crippen molar-refractivity contribution >= 4 is 13.3 Å². The number of hydrogen-bond acceptors (Lipinski definition) is 3. The molecule has 0 heterocycles. The lowest BCUT2D eigenvalue weighted by Gasteiger charge is -2.22. The highest BCUT2D eigenvalue weighted by Gasteiger charge is 2.33. The van der Waals surface area contributed by atoms with Gasteiger partial charge in [-0.05, 0) is 12.8 Å². The number of unbranched alkanes of at least 4 members (excludes halogenated alkanes) is 5. The molecule has 0 spiro atoms.